The number of nitrogens with one attached hydrogen (secondary N) is 2. The molecule has 2 saturated carbocycles. The maximum absolute atomic E-state index is 15.1. The van der Waals surface area contributed by atoms with Gasteiger partial charge in [0.15, 0.2) is 5.41 Å². The first-order valence-electron chi connectivity index (χ1n) is 30.0. The highest BCUT2D eigenvalue weighted by Gasteiger charge is 2.75. The molecule has 6 aliphatic rings. The van der Waals surface area contributed by atoms with Crippen LogP contribution in [0.4, 0.5) is 36.8 Å². The van der Waals surface area contributed by atoms with Gasteiger partial charge in [-0.15, -0.1) is 0 Å². The van der Waals surface area contributed by atoms with Gasteiger partial charge in [0.25, 0.3) is 5.92 Å². The summed E-state index contributed by atoms with van der Waals surface area (Å²) < 4.78 is 91.6. The van der Waals surface area contributed by atoms with E-state index in [9.17, 15) is 50.7 Å². The highest BCUT2D eigenvalue weighted by molar-refractivity contribution is 6.30. The number of piperazine rings is 1. The average molecular weight is 1220 g/mol. The highest BCUT2D eigenvalue weighted by Crippen LogP contribution is 2.61. The third-order valence-corrected chi connectivity index (χ3v) is 18.0. The molecule has 4 aliphatic heterocycles. The number of alkyl halides is 6. The third-order valence-electron chi connectivity index (χ3n) is 17.8. The standard InChI is InChI=1S/C61H84ClF6N9O8/c1-37(2)28-46-53(80)73(8)49(30-40-29-41(62)19-22-45(40)38-17-20-43(21-18-38)74-24-26-75(27-25-74)44-33-76(34-44)57(84)85-58(3,4)5)54(81)71(6)23-13-11-9-10-12-14-47(51(78)69-46)72(7)55(82)50(39-15-16-39)70-52(79)48-31-42(63)32-77(48)56(83)59(61(66,67)68)35-60(64,65)36-59/h17-22,29,37,39,42,44,46-50H,9-16,23-28,30-36H2,1-8H3,(H,69,78)(H,70,79)/t42-,46+,47+,48+,49+,50+/m1/s1. The van der Waals surface area contributed by atoms with Gasteiger partial charge < -0.3 is 44.8 Å². The number of hydrogen-bond acceptors (Lipinski definition) is 10. The van der Waals surface area contributed by atoms with Gasteiger partial charge in [-0.25, -0.2) is 18.0 Å². The number of carbonyl (C=O) groups excluding carboxylic acids is 7. The SMILES string of the molecule is CC(C)C[C@@H]1NC(=O)[C@@H](N(C)C(=O)[C@@H](NC(=O)[C@@H]2C[C@@H](F)CN2C(=O)C2(C(F)(F)F)CC(F)(F)C2)C2CC2)CCCCCCCN(C)C(=O)[C@H](Cc2cc(Cl)ccc2-c2ccc(N3CCN(C4CN(C(=O)OC(C)(C)C)C4)CC3)cc2)N(C)C1=O. The van der Waals surface area contributed by atoms with Crippen LogP contribution in [0.1, 0.15) is 117 Å². The predicted molar refractivity (Wildman–Crippen MR) is 308 cm³/mol. The summed E-state index contributed by atoms with van der Waals surface area (Å²) in [5.41, 5.74) is -0.619. The van der Waals surface area contributed by atoms with Gasteiger partial charge in [0.1, 0.15) is 42.0 Å². The molecular weight excluding hydrogens is 1140 g/mol. The van der Waals surface area contributed by atoms with Gasteiger partial charge in [0, 0.05) is 109 Å². The number of ether oxygens (including phenoxy) is 1. The van der Waals surface area contributed by atoms with Crippen molar-refractivity contribution in [3.05, 3.63) is 53.1 Å². The fourth-order valence-corrected chi connectivity index (χ4v) is 12.9. The monoisotopic (exact) mass is 1220 g/mol. The van der Waals surface area contributed by atoms with E-state index >= 15 is 9.18 Å². The summed E-state index contributed by atoms with van der Waals surface area (Å²) in [6.45, 7) is 13.3. The minimum absolute atomic E-state index is 0.0614. The molecule has 470 valence electrons. The molecule has 2 aromatic rings. The Bertz CT molecular complexity index is 2760. The van der Waals surface area contributed by atoms with Gasteiger partial charge >= 0.3 is 12.3 Å². The molecule has 17 nitrogen and oxygen atoms in total. The second kappa shape index (κ2) is 26.2. The first-order valence-corrected chi connectivity index (χ1v) is 30.4. The Balaban J connectivity index is 0.973. The summed E-state index contributed by atoms with van der Waals surface area (Å²) in [6.07, 6.45) is -7.59. The lowest BCUT2D eigenvalue weighted by Gasteiger charge is -2.48. The number of hydrogen-bond donors (Lipinski definition) is 2. The summed E-state index contributed by atoms with van der Waals surface area (Å²) in [7, 11) is 4.63. The van der Waals surface area contributed by atoms with Crippen LogP contribution in [0.3, 0.4) is 0 Å². The van der Waals surface area contributed by atoms with Gasteiger partial charge in [0.05, 0.1) is 6.54 Å². The zero-order valence-electron chi connectivity index (χ0n) is 50.1. The van der Waals surface area contributed by atoms with E-state index in [1.54, 1.807) is 29.0 Å². The van der Waals surface area contributed by atoms with Crippen LogP contribution in [0.5, 0.6) is 0 Å². The van der Waals surface area contributed by atoms with Gasteiger partial charge in [-0.3, -0.25) is 33.7 Å². The maximum Gasteiger partial charge on any atom is 0.410 e. The number of amides is 7. The lowest BCUT2D eigenvalue weighted by molar-refractivity contribution is -0.299. The fraction of sp³-hybridized carbons (Fsp3) is 0.689. The smallest absolute Gasteiger partial charge is 0.410 e. The highest BCUT2D eigenvalue weighted by atomic mass is 35.5. The molecular formula is C61H84ClF6N9O8. The Kier molecular flexibility index (Phi) is 20.1. The molecule has 4 heterocycles. The van der Waals surface area contributed by atoms with Crippen LogP contribution in [0.25, 0.3) is 11.1 Å². The van der Waals surface area contributed by atoms with Crippen LogP contribution < -0.4 is 15.5 Å². The second-order valence-electron chi connectivity index (χ2n) is 26.0. The van der Waals surface area contributed by atoms with Crippen molar-refractivity contribution in [2.45, 2.75) is 178 Å². The molecule has 2 aliphatic carbocycles. The van der Waals surface area contributed by atoms with E-state index in [1.807, 2.05) is 52.8 Å². The van der Waals surface area contributed by atoms with Gasteiger partial charge in [-0.2, -0.15) is 13.2 Å². The molecule has 24 heteroatoms. The molecule has 6 fully saturated rings. The van der Waals surface area contributed by atoms with Crippen molar-refractivity contribution in [2.24, 2.45) is 17.3 Å². The zero-order chi connectivity index (χ0) is 62.1. The Morgan fingerprint density at radius 3 is 2.08 bits per heavy atom. The first-order chi connectivity index (χ1) is 39.9. The van der Waals surface area contributed by atoms with E-state index in [4.69, 9.17) is 16.3 Å². The van der Waals surface area contributed by atoms with Gasteiger partial charge in [-0.1, -0.05) is 69.3 Å². The topological polar surface area (TPSA) is 175 Å². The molecule has 2 N–H and O–H groups in total. The molecule has 2 aromatic carbocycles. The summed E-state index contributed by atoms with van der Waals surface area (Å²) in [6, 6.07) is 7.32. The molecule has 0 aromatic heterocycles. The number of carbonyl (C=O) groups is 7. The van der Waals surface area contributed by atoms with E-state index in [1.165, 1.54) is 23.9 Å². The van der Waals surface area contributed by atoms with Crippen LogP contribution >= 0.6 is 11.6 Å². The number of likely N-dealkylation sites (N-methyl/N-ethyl adjacent to an activating group) is 3. The van der Waals surface area contributed by atoms with Crippen LogP contribution in [-0.2, 0) is 39.9 Å². The minimum atomic E-state index is -5.41. The molecule has 0 bridgehead atoms. The van der Waals surface area contributed by atoms with Crippen molar-refractivity contribution in [3.63, 3.8) is 0 Å². The number of benzene rings is 2. The molecule has 0 radical (unpaired) electrons. The normalized spacial score (nSPS) is 25.5. The number of rotatable bonds is 13. The van der Waals surface area contributed by atoms with Crippen molar-refractivity contribution in [1.82, 2.24) is 40.0 Å². The van der Waals surface area contributed by atoms with E-state index in [2.05, 4.69) is 32.6 Å². The van der Waals surface area contributed by atoms with Crippen LogP contribution in [0.15, 0.2) is 42.5 Å². The van der Waals surface area contributed by atoms with Crippen LogP contribution in [0.2, 0.25) is 5.02 Å². The van der Waals surface area contributed by atoms with Crippen molar-refractivity contribution in [3.8, 4) is 11.1 Å². The van der Waals surface area contributed by atoms with Gasteiger partial charge in [-0.05, 0) is 106 Å². The Hall–Kier alpha value is -5.84. The maximum atomic E-state index is 15.1. The lowest BCUT2D eigenvalue weighted by Crippen LogP contribution is -2.65. The molecule has 6 atom stereocenters. The Morgan fingerprint density at radius 1 is 0.847 bits per heavy atom. The third kappa shape index (κ3) is 15.3. The van der Waals surface area contributed by atoms with Crippen LogP contribution in [-0.4, -0.2) is 205 Å². The zero-order valence-corrected chi connectivity index (χ0v) is 50.9. The average Bonchev–Trinajstić information content (AvgIpc) is 1.27. The minimum Gasteiger partial charge on any atom is -0.444 e. The number of likely N-dealkylation sites (tertiary alicyclic amines) is 2. The number of halogens is 7. The van der Waals surface area contributed by atoms with Crippen LogP contribution in [0, 0.1) is 17.3 Å². The van der Waals surface area contributed by atoms with Crippen molar-refractivity contribution < 1.29 is 64.6 Å². The lowest BCUT2D eigenvalue weighted by atomic mass is 9.64. The molecule has 7 amide bonds. The second-order valence-corrected chi connectivity index (χ2v) is 26.4. The van der Waals surface area contributed by atoms with E-state index in [0.717, 1.165) is 55.8 Å². The van der Waals surface area contributed by atoms with E-state index < -0.39 is 121 Å². The molecule has 85 heavy (non-hydrogen) atoms. The molecule has 0 unspecified atom stereocenters. The van der Waals surface area contributed by atoms with Crippen molar-refractivity contribution >= 4 is 58.8 Å². The summed E-state index contributed by atoms with van der Waals surface area (Å²) in [5, 5.41) is 5.92. The van der Waals surface area contributed by atoms with Gasteiger partial charge in [0.2, 0.25) is 35.4 Å². The Morgan fingerprint density at radius 2 is 1.48 bits per heavy atom. The fourth-order valence-electron chi connectivity index (χ4n) is 12.7. The quantitative estimate of drug-likeness (QED) is 0.187. The van der Waals surface area contributed by atoms with E-state index in [-0.39, 0.29) is 43.2 Å². The van der Waals surface area contributed by atoms with E-state index in [0.29, 0.717) is 67.2 Å². The summed E-state index contributed by atoms with van der Waals surface area (Å²) in [4.78, 5) is 110. The summed E-state index contributed by atoms with van der Waals surface area (Å²) >= 11 is 6.71. The molecule has 4 saturated heterocycles. The van der Waals surface area contributed by atoms with Crippen molar-refractivity contribution in [1.29, 1.82) is 0 Å². The Labute approximate surface area is 499 Å². The summed E-state index contributed by atoms with van der Waals surface area (Å²) in [5.74, 6) is -9.63. The number of anilines is 1. The number of nitrogens with zero attached hydrogens (tertiary/aromatic N) is 7. The molecule has 0 spiro atoms. The largest absolute Gasteiger partial charge is 0.444 e. The van der Waals surface area contributed by atoms with Crippen molar-refractivity contribution in [2.75, 3.05) is 78.4 Å². The molecule has 8 rings (SSSR count). The predicted octanol–water partition coefficient (Wildman–Crippen LogP) is 8.10. The first kappa shape index (κ1) is 65.1.